The van der Waals surface area contributed by atoms with Gasteiger partial charge < -0.3 is 20.4 Å². The molecule has 0 aromatic carbocycles. The van der Waals surface area contributed by atoms with Gasteiger partial charge in [0, 0.05) is 12.8 Å². The average Bonchev–Trinajstić information content (AvgIpc) is 2.49. The molecule has 0 aromatic heterocycles. The summed E-state index contributed by atoms with van der Waals surface area (Å²) in [7, 11) is 0. The van der Waals surface area contributed by atoms with E-state index in [-0.39, 0.29) is 19.3 Å². The summed E-state index contributed by atoms with van der Waals surface area (Å²) >= 11 is 0. The summed E-state index contributed by atoms with van der Waals surface area (Å²) < 4.78 is 0. The van der Waals surface area contributed by atoms with Gasteiger partial charge in [-0.15, -0.1) is 0 Å². The first kappa shape index (κ1) is 25.1. The number of carboxylic acids is 4. The van der Waals surface area contributed by atoms with Crippen molar-refractivity contribution < 1.29 is 39.6 Å². The monoisotopic (exact) mass is 362 g/mol. The fraction of sp³-hybridized carbons (Fsp3) is 0.765. The van der Waals surface area contributed by atoms with Gasteiger partial charge in [-0.2, -0.15) is 0 Å². The van der Waals surface area contributed by atoms with E-state index in [0.29, 0.717) is 6.42 Å². The SMILES string of the molecule is CCCCC(C(=O)O)C(=O)O.O=C(O)CCCCCCCCC(=O)O. The third kappa shape index (κ3) is 19.8. The lowest BCUT2D eigenvalue weighted by Gasteiger charge is -2.04. The fourth-order valence-corrected chi connectivity index (χ4v) is 2.02. The fourth-order valence-electron chi connectivity index (χ4n) is 2.02. The molecule has 0 aliphatic carbocycles. The summed E-state index contributed by atoms with van der Waals surface area (Å²) in [4.78, 5) is 40.8. The van der Waals surface area contributed by atoms with Crippen molar-refractivity contribution in [3.05, 3.63) is 0 Å². The molecule has 0 fully saturated rings. The minimum atomic E-state index is -1.24. The van der Waals surface area contributed by atoms with Gasteiger partial charge in [0.25, 0.3) is 0 Å². The molecule has 0 saturated carbocycles. The van der Waals surface area contributed by atoms with E-state index in [1.807, 2.05) is 6.92 Å². The standard InChI is InChI=1S/C10H18O4.C7H12O4/c11-9(12)7-5-3-1-2-4-6-8-10(13)14;1-2-3-4-5(6(8)9)7(10)11/h1-8H2,(H,11,12)(H,13,14);5H,2-4H2,1H3,(H,8,9)(H,10,11). The van der Waals surface area contributed by atoms with Crippen molar-refractivity contribution in [2.24, 2.45) is 5.92 Å². The minimum absolute atomic E-state index is 0.223. The van der Waals surface area contributed by atoms with Crippen LogP contribution in [0.3, 0.4) is 0 Å². The Labute approximate surface area is 147 Å². The number of aliphatic carboxylic acids is 4. The molecule has 8 nitrogen and oxygen atoms in total. The Morgan fingerprint density at radius 3 is 1.28 bits per heavy atom. The number of unbranched alkanes of at least 4 members (excludes halogenated alkanes) is 6. The molecule has 0 atom stereocenters. The Bertz CT molecular complexity index is 371. The van der Waals surface area contributed by atoms with Crippen molar-refractivity contribution in [1.29, 1.82) is 0 Å². The van der Waals surface area contributed by atoms with E-state index in [4.69, 9.17) is 20.4 Å². The summed E-state index contributed by atoms with van der Waals surface area (Å²) in [5.74, 6) is -5.20. The second-order valence-corrected chi connectivity index (χ2v) is 5.78. The Kier molecular flexibility index (Phi) is 16.8. The van der Waals surface area contributed by atoms with Crippen LogP contribution in [0.25, 0.3) is 0 Å². The molecule has 8 heteroatoms. The highest BCUT2D eigenvalue weighted by Crippen LogP contribution is 2.09. The van der Waals surface area contributed by atoms with Crippen LogP contribution in [0.2, 0.25) is 0 Å². The predicted molar refractivity (Wildman–Crippen MR) is 90.5 cm³/mol. The van der Waals surface area contributed by atoms with Crippen LogP contribution >= 0.6 is 0 Å². The van der Waals surface area contributed by atoms with Crippen LogP contribution in [0.15, 0.2) is 0 Å². The van der Waals surface area contributed by atoms with Gasteiger partial charge in [-0.1, -0.05) is 45.4 Å². The molecule has 0 aliphatic rings. The first-order valence-electron chi connectivity index (χ1n) is 8.61. The van der Waals surface area contributed by atoms with Gasteiger partial charge in [-0.3, -0.25) is 19.2 Å². The first-order valence-corrected chi connectivity index (χ1v) is 8.61. The maximum absolute atomic E-state index is 10.3. The molecular formula is C17H30O8. The Balaban J connectivity index is 0. The normalized spacial score (nSPS) is 10.0. The van der Waals surface area contributed by atoms with Crippen molar-refractivity contribution >= 4 is 23.9 Å². The minimum Gasteiger partial charge on any atom is -0.481 e. The van der Waals surface area contributed by atoms with E-state index >= 15 is 0 Å². The van der Waals surface area contributed by atoms with E-state index in [1.54, 1.807) is 0 Å². The van der Waals surface area contributed by atoms with Crippen LogP contribution in [0.1, 0.15) is 77.6 Å². The molecule has 0 unspecified atom stereocenters. The van der Waals surface area contributed by atoms with Crippen molar-refractivity contribution in [1.82, 2.24) is 0 Å². The molecule has 0 amide bonds. The van der Waals surface area contributed by atoms with Crippen LogP contribution in [-0.2, 0) is 19.2 Å². The van der Waals surface area contributed by atoms with E-state index in [2.05, 4.69) is 0 Å². The summed E-state index contributed by atoms with van der Waals surface area (Å²) in [5.41, 5.74) is 0. The predicted octanol–water partition coefficient (Wildman–Crippen LogP) is 3.24. The van der Waals surface area contributed by atoms with Gasteiger partial charge in [0.1, 0.15) is 0 Å². The summed E-state index contributed by atoms with van der Waals surface area (Å²) in [5, 5.41) is 33.5. The highest BCUT2D eigenvalue weighted by molar-refractivity contribution is 5.92. The third-order valence-electron chi connectivity index (χ3n) is 3.47. The number of carboxylic acid groups (broad SMARTS) is 4. The van der Waals surface area contributed by atoms with Gasteiger partial charge in [0.15, 0.2) is 5.92 Å². The molecule has 0 bridgehead atoms. The molecule has 25 heavy (non-hydrogen) atoms. The van der Waals surface area contributed by atoms with Gasteiger partial charge >= 0.3 is 23.9 Å². The molecule has 0 aromatic rings. The van der Waals surface area contributed by atoms with Crippen molar-refractivity contribution in [3.63, 3.8) is 0 Å². The van der Waals surface area contributed by atoms with E-state index in [9.17, 15) is 19.2 Å². The average molecular weight is 362 g/mol. The maximum Gasteiger partial charge on any atom is 0.317 e. The van der Waals surface area contributed by atoms with Crippen molar-refractivity contribution in [3.8, 4) is 0 Å². The maximum atomic E-state index is 10.3. The number of carbonyl (C=O) groups is 4. The molecule has 146 valence electrons. The summed E-state index contributed by atoms with van der Waals surface area (Å²) in [6.45, 7) is 1.89. The van der Waals surface area contributed by atoms with Crippen LogP contribution in [0, 0.1) is 5.92 Å². The zero-order valence-corrected chi connectivity index (χ0v) is 14.8. The summed E-state index contributed by atoms with van der Waals surface area (Å²) in [6.07, 6.45) is 7.51. The molecule has 0 saturated heterocycles. The zero-order chi connectivity index (χ0) is 19.7. The lowest BCUT2D eigenvalue weighted by molar-refractivity contribution is -0.155. The molecule has 0 heterocycles. The van der Waals surface area contributed by atoms with E-state index in [1.165, 1.54) is 0 Å². The smallest absolute Gasteiger partial charge is 0.317 e. The van der Waals surface area contributed by atoms with Crippen molar-refractivity contribution in [2.75, 3.05) is 0 Å². The highest BCUT2D eigenvalue weighted by Gasteiger charge is 2.24. The van der Waals surface area contributed by atoms with E-state index < -0.39 is 29.8 Å². The largest absolute Gasteiger partial charge is 0.481 e. The van der Waals surface area contributed by atoms with E-state index in [0.717, 1.165) is 44.9 Å². The third-order valence-corrected chi connectivity index (χ3v) is 3.47. The summed E-state index contributed by atoms with van der Waals surface area (Å²) in [6, 6.07) is 0. The molecule has 4 N–H and O–H groups in total. The topological polar surface area (TPSA) is 149 Å². The second-order valence-electron chi connectivity index (χ2n) is 5.78. The molecule has 0 radical (unpaired) electrons. The molecule has 0 spiro atoms. The van der Waals surface area contributed by atoms with Crippen LogP contribution in [-0.4, -0.2) is 44.3 Å². The second kappa shape index (κ2) is 16.7. The molecule has 0 rings (SSSR count). The van der Waals surface area contributed by atoms with Crippen LogP contribution in [0.5, 0.6) is 0 Å². The zero-order valence-electron chi connectivity index (χ0n) is 14.8. The van der Waals surface area contributed by atoms with Crippen LogP contribution in [0.4, 0.5) is 0 Å². The van der Waals surface area contributed by atoms with Gasteiger partial charge in [-0.05, 0) is 19.3 Å². The quantitative estimate of drug-likeness (QED) is 0.272. The van der Waals surface area contributed by atoms with Gasteiger partial charge in [0.2, 0.25) is 0 Å². The highest BCUT2D eigenvalue weighted by atomic mass is 16.4. The van der Waals surface area contributed by atoms with Crippen molar-refractivity contribution in [2.45, 2.75) is 77.6 Å². The first-order chi connectivity index (χ1) is 11.7. The molecule has 0 aliphatic heterocycles. The van der Waals surface area contributed by atoms with Crippen LogP contribution < -0.4 is 0 Å². The number of hydrogen-bond donors (Lipinski definition) is 4. The van der Waals surface area contributed by atoms with Gasteiger partial charge in [-0.25, -0.2) is 0 Å². The van der Waals surface area contributed by atoms with Gasteiger partial charge in [0.05, 0.1) is 0 Å². The lowest BCUT2D eigenvalue weighted by atomic mass is 10.0. The lowest BCUT2D eigenvalue weighted by Crippen LogP contribution is -2.22. The Morgan fingerprint density at radius 2 is 1.00 bits per heavy atom. The Hall–Kier alpha value is -2.12. The number of rotatable bonds is 14. The Morgan fingerprint density at radius 1 is 0.640 bits per heavy atom. The number of hydrogen-bond acceptors (Lipinski definition) is 4. The molecular weight excluding hydrogens is 332 g/mol.